The van der Waals surface area contributed by atoms with Gasteiger partial charge in [-0.2, -0.15) is 0 Å². The Balaban J connectivity index is 1.94. The van der Waals surface area contributed by atoms with Gasteiger partial charge in [-0.1, -0.05) is 6.92 Å². The topological polar surface area (TPSA) is 58.2 Å². The Kier molecular flexibility index (Phi) is 4.77. The van der Waals surface area contributed by atoms with E-state index in [0.29, 0.717) is 11.1 Å². The van der Waals surface area contributed by atoms with Crippen LogP contribution in [-0.2, 0) is 0 Å². The fourth-order valence-corrected chi connectivity index (χ4v) is 2.59. The molecule has 0 aliphatic heterocycles. The van der Waals surface area contributed by atoms with Crippen molar-refractivity contribution >= 4 is 11.8 Å². The summed E-state index contributed by atoms with van der Waals surface area (Å²) < 4.78 is 0. The lowest BCUT2D eigenvalue weighted by molar-refractivity contribution is 0.0919. The Labute approximate surface area is 119 Å². The normalized spacial score (nSPS) is 22.1. The van der Waals surface area contributed by atoms with Gasteiger partial charge in [-0.3, -0.25) is 9.59 Å². The highest BCUT2D eigenvalue weighted by molar-refractivity contribution is 5.97. The first-order valence-electron chi connectivity index (χ1n) is 7.23. The number of hydrogen-bond donors (Lipinski definition) is 2. The third kappa shape index (κ3) is 3.59. The molecular formula is C16H22N2O2. The predicted molar refractivity (Wildman–Crippen MR) is 78.7 cm³/mol. The third-order valence-electron chi connectivity index (χ3n) is 3.99. The fraction of sp³-hybridized carbons (Fsp3) is 0.500. The van der Waals surface area contributed by atoms with Gasteiger partial charge in [0.15, 0.2) is 0 Å². The maximum atomic E-state index is 12.1. The SMILES string of the molecule is CNC(=O)c1ccc(C(=O)NC2CCC(C)CC2)cc1. The molecule has 2 rings (SSSR count). The molecule has 1 aromatic rings. The van der Waals surface area contributed by atoms with Crippen molar-refractivity contribution in [3.8, 4) is 0 Å². The van der Waals surface area contributed by atoms with E-state index < -0.39 is 0 Å². The molecule has 0 radical (unpaired) electrons. The minimum absolute atomic E-state index is 0.0481. The van der Waals surface area contributed by atoms with Crippen LogP contribution in [0.5, 0.6) is 0 Å². The van der Waals surface area contributed by atoms with E-state index in [0.717, 1.165) is 18.8 Å². The first kappa shape index (κ1) is 14.6. The number of benzene rings is 1. The maximum Gasteiger partial charge on any atom is 0.251 e. The number of rotatable bonds is 3. The summed E-state index contributed by atoms with van der Waals surface area (Å²) in [4.78, 5) is 23.6. The Bertz CT molecular complexity index is 474. The Morgan fingerprint density at radius 2 is 1.45 bits per heavy atom. The summed E-state index contributed by atoms with van der Waals surface area (Å²) in [6.07, 6.45) is 4.48. The van der Waals surface area contributed by atoms with Crippen LogP contribution in [-0.4, -0.2) is 24.9 Å². The Hall–Kier alpha value is -1.84. The van der Waals surface area contributed by atoms with Gasteiger partial charge in [0.05, 0.1) is 0 Å². The van der Waals surface area contributed by atoms with E-state index >= 15 is 0 Å². The van der Waals surface area contributed by atoms with Gasteiger partial charge in [0.1, 0.15) is 0 Å². The number of nitrogens with one attached hydrogen (secondary N) is 2. The van der Waals surface area contributed by atoms with Crippen LogP contribution in [0, 0.1) is 5.92 Å². The van der Waals surface area contributed by atoms with Gasteiger partial charge in [0.25, 0.3) is 11.8 Å². The minimum atomic E-state index is -0.141. The number of hydrogen-bond acceptors (Lipinski definition) is 2. The summed E-state index contributed by atoms with van der Waals surface area (Å²) >= 11 is 0. The molecule has 108 valence electrons. The van der Waals surface area contributed by atoms with E-state index in [9.17, 15) is 9.59 Å². The summed E-state index contributed by atoms with van der Waals surface area (Å²) in [5, 5.41) is 5.64. The molecule has 1 fully saturated rings. The molecule has 2 N–H and O–H groups in total. The zero-order valence-corrected chi connectivity index (χ0v) is 12.1. The average molecular weight is 274 g/mol. The Morgan fingerprint density at radius 1 is 0.950 bits per heavy atom. The minimum Gasteiger partial charge on any atom is -0.355 e. The molecule has 4 nitrogen and oxygen atoms in total. The van der Waals surface area contributed by atoms with E-state index in [1.165, 1.54) is 12.8 Å². The first-order chi connectivity index (χ1) is 9.60. The van der Waals surface area contributed by atoms with Crippen LogP contribution < -0.4 is 10.6 Å². The van der Waals surface area contributed by atoms with Crippen molar-refractivity contribution in [2.45, 2.75) is 38.6 Å². The quantitative estimate of drug-likeness (QED) is 0.889. The van der Waals surface area contributed by atoms with Crippen LogP contribution in [0.3, 0.4) is 0 Å². The van der Waals surface area contributed by atoms with Gasteiger partial charge >= 0.3 is 0 Å². The molecule has 0 atom stereocenters. The maximum absolute atomic E-state index is 12.1. The second kappa shape index (κ2) is 6.55. The molecule has 0 unspecified atom stereocenters. The smallest absolute Gasteiger partial charge is 0.251 e. The molecule has 1 aromatic carbocycles. The summed E-state index contributed by atoms with van der Waals surface area (Å²) in [7, 11) is 1.59. The molecule has 20 heavy (non-hydrogen) atoms. The van der Waals surface area contributed by atoms with E-state index in [1.807, 2.05) is 0 Å². The Morgan fingerprint density at radius 3 is 1.95 bits per heavy atom. The van der Waals surface area contributed by atoms with Crippen LogP contribution in [0.1, 0.15) is 53.3 Å². The molecule has 4 heteroatoms. The van der Waals surface area contributed by atoms with Gasteiger partial charge in [0, 0.05) is 24.2 Å². The van der Waals surface area contributed by atoms with E-state index in [1.54, 1.807) is 31.3 Å². The third-order valence-corrected chi connectivity index (χ3v) is 3.99. The van der Waals surface area contributed by atoms with Crippen LogP contribution in [0.2, 0.25) is 0 Å². The lowest BCUT2D eigenvalue weighted by Gasteiger charge is -2.26. The van der Waals surface area contributed by atoms with Crippen molar-refractivity contribution in [2.75, 3.05) is 7.05 Å². The zero-order valence-electron chi connectivity index (χ0n) is 12.1. The highest BCUT2D eigenvalue weighted by atomic mass is 16.2. The summed E-state index contributed by atoms with van der Waals surface area (Å²) in [6, 6.07) is 7.04. The second-order valence-electron chi connectivity index (χ2n) is 5.59. The van der Waals surface area contributed by atoms with Gasteiger partial charge in [0.2, 0.25) is 0 Å². The van der Waals surface area contributed by atoms with Gasteiger partial charge in [-0.15, -0.1) is 0 Å². The zero-order chi connectivity index (χ0) is 14.5. The van der Waals surface area contributed by atoms with Crippen LogP contribution in [0.15, 0.2) is 24.3 Å². The number of amides is 2. The first-order valence-corrected chi connectivity index (χ1v) is 7.23. The average Bonchev–Trinajstić information content (AvgIpc) is 2.49. The highest BCUT2D eigenvalue weighted by Crippen LogP contribution is 2.23. The molecular weight excluding hydrogens is 252 g/mol. The monoisotopic (exact) mass is 274 g/mol. The standard InChI is InChI=1S/C16H22N2O2/c1-11-3-9-14(10-4-11)18-16(20)13-7-5-12(6-8-13)15(19)17-2/h5-8,11,14H,3-4,9-10H2,1-2H3,(H,17,19)(H,18,20). The molecule has 0 bridgehead atoms. The van der Waals surface area contributed by atoms with Crippen LogP contribution in [0.4, 0.5) is 0 Å². The van der Waals surface area contributed by atoms with E-state index in [4.69, 9.17) is 0 Å². The molecule has 0 aromatic heterocycles. The van der Waals surface area contributed by atoms with Crippen molar-refractivity contribution in [1.29, 1.82) is 0 Å². The second-order valence-corrected chi connectivity index (χ2v) is 5.59. The van der Waals surface area contributed by atoms with Gasteiger partial charge < -0.3 is 10.6 Å². The van der Waals surface area contributed by atoms with Crippen molar-refractivity contribution in [3.05, 3.63) is 35.4 Å². The molecule has 0 saturated heterocycles. The number of carbonyl (C=O) groups is 2. The lowest BCUT2D eigenvalue weighted by atomic mass is 9.87. The van der Waals surface area contributed by atoms with Crippen molar-refractivity contribution < 1.29 is 9.59 Å². The number of carbonyl (C=O) groups excluding carboxylic acids is 2. The molecule has 1 saturated carbocycles. The molecule has 0 spiro atoms. The van der Waals surface area contributed by atoms with Crippen LogP contribution >= 0.6 is 0 Å². The molecule has 1 aliphatic rings. The fourth-order valence-electron chi connectivity index (χ4n) is 2.59. The summed E-state index contributed by atoms with van der Waals surface area (Å²) in [5.41, 5.74) is 1.17. The molecule has 0 heterocycles. The highest BCUT2D eigenvalue weighted by Gasteiger charge is 2.20. The van der Waals surface area contributed by atoms with Crippen molar-refractivity contribution in [2.24, 2.45) is 5.92 Å². The summed E-state index contributed by atoms with van der Waals surface area (Å²) in [6.45, 7) is 2.26. The summed E-state index contributed by atoms with van der Waals surface area (Å²) in [5.74, 6) is 0.584. The van der Waals surface area contributed by atoms with E-state index in [2.05, 4.69) is 17.6 Å². The largest absolute Gasteiger partial charge is 0.355 e. The van der Waals surface area contributed by atoms with Crippen molar-refractivity contribution in [3.63, 3.8) is 0 Å². The van der Waals surface area contributed by atoms with Crippen LogP contribution in [0.25, 0.3) is 0 Å². The molecule has 2 amide bonds. The van der Waals surface area contributed by atoms with Crippen molar-refractivity contribution in [1.82, 2.24) is 10.6 Å². The predicted octanol–water partition coefficient (Wildman–Crippen LogP) is 2.35. The molecule has 1 aliphatic carbocycles. The van der Waals surface area contributed by atoms with Gasteiger partial charge in [-0.05, 0) is 55.9 Å². The lowest BCUT2D eigenvalue weighted by Crippen LogP contribution is -2.37. The van der Waals surface area contributed by atoms with E-state index in [-0.39, 0.29) is 17.9 Å². The van der Waals surface area contributed by atoms with Gasteiger partial charge in [-0.25, -0.2) is 0 Å².